The number of halogens is 1. The van der Waals surface area contributed by atoms with Gasteiger partial charge in [0.1, 0.15) is 6.26 Å². The van der Waals surface area contributed by atoms with Gasteiger partial charge in [0.25, 0.3) is 0 Å². The molecule has 0 aromatic carbocycles. The maximum absolute atomic E-state index is 6.19. The lowest BCUT2D eigenvalue weighted by Gasteiger charge is -2.37. The van der Waals surface area contributed by atoms with Gasteiger partial charge in [-0.15, -0.1) is 5.06 Å². The van der Waals surface area contributed by atoms with Gasteiger partial charge in [-0.3, -0.25) is 0 Å². The van der Waals surface area contributed by atoms with Crippen molar-refractivity contribution in [3.8, 4) is 0 Å². The van der Waals surface area contributed by atoms with Crippen molar-refractivity contribution < 1.29 is 4.84 Å². The molecule has 1 saturated carbocycles. The lowest BCUT2D eigenvalue weighted by atomic mass is 9.86. The summed E-state index contributed by atoms with van der Waals surface area (Å²) in [5.41, 5.74) is 0.334. The summed E-state index contributed by atoms with van der Waals surface area (Å²) in [5.74, 6) is 0. The van der Waals surface area contributed by atoms with Crippen LogP contribution in [-0.2, 0) is 4.84 Å². The van der Waals surface area contributed by atoms with E-state index in [1.165, 1.54) is 12.8 Å². The van der Waals surface area contributed by atoms with Crippen molar-refractivity contribution in [2.24, 2.45) is 5.41 Å². The molecule has 14 heavy (non-hydrogen) atoms. The van der Waals surface area contributed by atoms with E-state index in [4.69, 9.17) is 16.4 Å². The molecule has 1 atom stereocenters. The third kappa shape index (κ3) is 1.55. The molecule has 2 rings (SSSR count). The molecule has 1 aliphatic heterocycles. The first-order valence-corrected chi connectivity index (χ1v) is 5.54. The molecule has 1 fully saturated rings. The molecule has 0 saturated heterocycles. The fourth-order valence-corrected chi connectivity index (χ4v) is 2.41. The Morgan fingerprint density at radius 1 is 1.50 bits per heavy atom. The molecule has 2 aliphatic rings. The highest BCUT2D eigenvalue weighted by atomic mass is 35.5. The Hall–Kier alpha value is -0.210. The number of rotatable bonds is 1. The van der Waals surface area contributed by atoms with Gasteiger partial charge in [-0.1, -0.05) is 32.4 Å². The van der Waals surface area contributed by atoms with Crippen molar-refractivity contribution >= 4 is 11.6 Å². The molecule has 80 valence electrons. The van der Waals surface area contributed by atoms with Gasteiger partial charge in [-0.2, -0.15) is 0 Å². The summed E-state index contributed by atoms with van der Waals surface area (Å²) < 4.78 is 0. The maximum Gasteiger partial charge on any atom is 0.127 e. The zero-order chi connectivity index (χ0) is 10.6. The first-order valence-electron chi connectivity index (χ1n) is 5.16. The van der Waals surface area contributed by atoms with E-state index in [0.29, 0.717) is 0 Å². The fourth-order valence-electron chi connectivity index (χ4n) is 1.95. The van der Waals surface area contributed by atoms with Gasteiger partial charge in [0.05, 0.1) is 16.6 Å². The van der Waals surface area contributed by atoms with Crippen molar-refractivity contribution in [1.29, 1.82) is 0 Å². The molecule has 0 amide bonds. The lowest BCUT2D eigenvalue weighted by Crippen LogP contribution is -2.46. The van der Waals surface area contributed by atoms with Crippen LogP contribution in [0.25, 0.3) is 0 Å². The number of hydrogen-bond donors (Lipinski definition) is 0. The van der Waals surface area contributed by atoms with E-state index in [-0.39, 0.29) is 17.0 Å². The quantitative estimate of drug-likeness (QED) is 0.666. The van der Waals surface area contributed by atoms with E-state index in [2.05, 4.69) is 32.8 Å². The van der Waals surface area contributed by atoms with Crippen molar-refractivity contribution in [3.05, 3.63) is 11.3 Å². The van der Waals surface area contributed by atoms with E-state index in [0.717, 1.165) is 5.03 Å². The van der Waals surface area contributed by atoms with Gasteiger partial charge in [-0.05, 0) is 25.2 Å². The minimum atomic E-state index is 0.121. The summed E-state index contributed by atoms with van der Waals surface area (Å²) in [4.78, 5) is 5.57. The smallest absolute Gasteiger partial charge is 0.127 e. The summed E-state index contributed by atoms with van der Waals surface area (Å²) in [6.45, 7) is 8.82. The minimum Gasteiger partial charge on any atom is -0.411 e. The van der Waals surface area contributed by atoms with Gasteiger partial charge in [0.15, 0.2) is 0 Å². The Kier molecular flexibility index (Phi) is 2.13. The topological polar surface area (TPSA) is 12.5 Å². The summed E-state index contributed by atoms with van der Waals surface area (Å²) in [5, 5.41) is 2.90. The van der Waals surface area contributed by atoms with Gasteiger partial charge in [0, 0.05) is 0 Å². The zero-order valence-electron chi connectivity index (χ0n) is 9.30. The Morgan fingerprint density at radius 2 is 2.07 bits per heavy atom. The van der Waals surface area contributed by atoms with Crippen LogP contribution in [0.15, 0.2) is 11.3 Å². The van der Waals surface area contributed by atoms with E-state index in [1.807, 2.05) is 0 Å². The molecule has 0 N–H and O–H groups in total. The fraction of sp³-hybridized carbons (Fsp3) is 0.818. The highest BCUT2D eigenvalue weighted by Gasteiger charge is 2.53. The zero-order valence-corrected chi connectivity index (χ0v) is 10.1. The van der Waals surface area contributed by atoms with E-state index in [1.54, 1.807) is 6.26 Å². The molecule has 1 heterocycles. The molecule has 0 aromatic heterocycles. The Morgan fingerprint density at radius 3 is 2.50 bits per heavy atom. The molecule has 0 bridgehead atoms. The SMILES string of the molecule is CC(C)(C)C1C(Cl)=CON1C1(C)CC1. The van der Waals surface area contributed by atoms with Crippen molar-refractivity contribution in [2.45, 2.75) is 52.1 Å². The largest absolute Gasteiger partial charge is 0.411 e. The first-order chi connectivity index (χ1) is 6.34. The molecular formula is C11H18ClNO. The van der Waals surface area contributed by atoms with Crippen molar-refractivity contribution in [2.75, 3.05) is 0 Å². The summed E-state index contributed by atoms with van der Waals surface area (Å²) >= 11 is 6.19. The van der Waals surface area contributed by atoms with Crippen LogP contribution in [0.4, 0.5) is 0 Å². The number of nitrogens with zero attached hydrogens (tertiary/aromatic N) is 1. The number of hydrogen-bond acceptors (Lipinski definition) is 2. The third-order valence-electron chi connectivity index (χ3n) is 3.10. The Balaban J connectivity index is 2.22. The maximum atomic E-state index is 6.19. The normalized spacial score (nSPS) is 31.2. The van der Waals surface area contributed by atoms with Crippen LogP contribution in [-0.4, -0.2) is 16.6 Å². The second-order valence-corrected chi connectivity index (χ2v) is 6.14. The molecule has 2 nitrogen and oxygen atoms in total. The Labute approximate surface area is 90.8 Å². The standard InChI is InChI=1S/C11H18ClNO/c1-10(2,3)9-8(12)7-14-13(9)11(4)5-6-11/h7,9H,5-6H2,1-4H3. The molecular weight excluding hydrogens is 198 g/mol. The van der Waals surface area contributed by atoms with Gasteiger partial charge in [-0.25, -0.2) is 0 Å². The van der Waals surface area contributed by atoms with Crippen LogP contribution in [0.3, 0.4) is 0 Å². The second kappa shape index (κ2) is 2.89. The molecule has 0 aromatic rings. The summed E-state index contributed by atoms with van der Waals surface area (Å²) in [6.07, 6.45) is 4.09. The Bertz CT molecular complexity index is 276. The molecule has 0 radical (unpaired) electrons. The lowest BCUT2D eigenvalue weighted by molar-refractivity contribution is -0.163. The second-order valence-electron chi connectivity index (χ2n) is 5.70. The average Bonchev–Trinajstić information content (AvgIpc) is 2.60. The third-order valence-corrected chi connectivity index (χ3v) is 3.40. The van der Waals surface area contributed by atoms with Crippen LogP contribution >= 0.6 is 11.6 Å². The predicted molar refractivity (Wildman–Crippen MR) is 57.7 cm³/mol. The van der Waals surface area contributed by atoms with E-state index in [9.17, 15) is 0 Å². The molecule has 1 unspecified atom stereocenters. The van der Waals surface area contributed by atoms with Gasteiger partial charge in [0.2, 0.25) is 0 Å². The summed E-state index contributed by atoms with van der Waals surface area (Å²) in [7, 11) is 0. The van der Waals surface area contributed by atoms with Crippen molar-refractivity contribution in [3.63, 3.8) is 0 Å². The predicted octanol–water partition coefficient (Wildman–Crippen LogP) is 3.28. The van der Waals surface area contributed by atoms with Gasteiger partial charge < -0.3 is 4.84 Å². The number of hydroxylamine groups is 2. The minimum absolute atomic E-state index is 0.121. The van der Waals surface area contributed by atoms with Crippen LogP contribution < -0.4 is 0 Å². The van der Waals surface area contributed by atoms with Crippen LogP contribution in [0.1, 0.15) is 40.5 Å². The average molecular weight is 216 g/mol. The molecule has 3 heteroatoms. The highest BCUT2D eigenvalue weighted by molar-refractivity contribution is 6.30. The van der Waals surface area contributed by atoms with E-state index < -0.39 is 0 Å². The van der Waals surface area contributed by atoms with E-state index >= 15 is 0 Å². The first kappa shape index (κ1) is 10.3. The summed E-state index contributed by atoms with van der Waals surface area (Å²) in [6, 6.07) is 0.205. The van der Waals surface area contributed by atoms with Crippen LogP contribution in [0.2, 0.25) is 0 Å². The molecule has 1 aliphatic carbocycles. The van der Waals surface area contributed by atoms with Crippen molar-refractivity contribution in [1.82, 2.24) is 5.06 Å². The highest BCUT2D eigenvalue weighted by Crippen LogP contribution is 2.49. The monoisotopic (exact) mass is 215 g/mol. The van der Waals surface area contributed by atoms with Crippen LogP contribution in [0.5, 0.6) is 0 Å². The molecule has 0 spiro atoms. The van der Waals surface area contributed by atoms with Gasteiger partial charge >= 0.3 is 0 Å². The van der Waals surface area contributed by atoms with Crippen LogP contribution in [0, 0.1) is 5.41 Å².